The van der Waals surface area contributed by atoms with Gasteiger partial charge in [-0.15, -0.1) is 0 Å². The van der Waals surface area contributed by atoms with Crippen LogP contribution >= 0.6 is 0 Å². The molecule has 0 bridgehead atoms. The van der Waals surface area contributed by atoms with E-state index >= 15 is 0 Å². The molecule has 2 atom stereocenters. The van der Waals surface area contributed by atoms with Gasteiger partial charge in [-0.1, -0.05) is 44.2 Å². The molecule has 0 aliphatic carbocycles. The average molecular weight is 352 g/mol. The van der Waals surface area contributed by atoms with Crippen molar-refractivity contribution in [2.75, 3.05) is 6.54 Å². The molecular formula is C21H24N2O3. The van der Waals surface area contributed by atoms with E-state index in [1.165, 1.54) is 17.7 Å². The summed E-state index contributed by atoms with van der Waals surface area (Å²) in [7, 11) is 0. The lowest BCUT2D eigenvalue weighted by Gasteiger charge is -2.14. The number of non-ortho nitro benzene ring substituents is 1. The van der Waals surface area contributed by atoms with Gasteiger partial charge in [-0.25, -0.2) is 0 Å². The first-order valence-electron chi connectivity index (χ1n) is 8.85. The molecule has 0 radical (unpaired) electrons. The van der Waals surface area contributed by atoms with E-state index in [0.29, 0.717) is 12.5 Å². The number of ether oxygens (including phenoxy) is 1. The predicted octanol–water partition coefficient (Wildman–Crippen LogP) is 4.81. The zero-order valence-corrected chi connectivity index (χ0v) is 15.3. The zero-order valence-electron chi connectivity index (χ0n) is 15.3. The van der Waals surface area contributed by atoms with Crippen LogP contribution < -0.4 is 5.32 Å². The smallest absolute Gasteiger partial charge is 0.269 e. The number of benzene rings is 2. The first-order chi connectivity index (χ1) is 12.4. The van der Waals surface area contributed by atoms with Crippen molar-refractivity contribution in [3.05, 3.63) is 80.9 Å². The molecule has 2 unspecified atom stereocenters. The minimum absolute atomic E-state index is 0.0946. The van der Waals surface area contributed by atoms with Crippen LogP contribution in [0, 0.1) is 10.1 Å². The molecule has 0 spiro atoms. The number of nitrogens with one attached hydrogen (secondary N) is 1. The minimum atomic E-state index is -0.391. The van der Waals surface area contributed by atoms with E-state index in [9.17, 15) is 10.1 Å². The molecule has 2 aromatic rings. The van der Waals surface area contributed by atoms with Gasteiger partial charge in [0.15, 0.2) is 0 Å². The van der Waals surface area contributed by atoms with Crippen LogP contribution in [0.3, 0.4) is 0 Å². The van der Waals surface area contributed by atoms with Crippen molar-refractivity contribution in [1.82, 2.24) is 5.32 Å². The summed E-state index contributed by atoms with van der Waals surface area (Å²) in [4.78, 5) is 10.4. The molecule has 0 saturated carbocycles. The van der Waals surface area contributed by atoms with Crippen LogP contribution in [0.1, 0.15) is 49.5 Å². The Bertz CT molecular complexity index is 795. The van der Waals surface area contributed by atoms with Crippen LogP contribution in [0.25, 0.3) is 6.08 Å². The van der Waals surface area contributed by atoms with E-state index in [1.807, 2.05) is 6.92 Å². The molecule has 1 aliphatic rings. The standard InChI is InChI=1S/C21H24N2O3/c1-14(2)17-6-4-16(5-7-17)12-15(3)21-22-13-20(26-21)18-8-10-19(11-9-18)23(24)25/h4-12,14,20-22H,13H2,1-3H3. The second-order valence-electron chi connectivity index (χ2n) is 6.97. The number of rotatable bonds is 5. The van der Waals surface area contributed by atoms with Gasteiger partial charge in [0.25, 0.3) is 5.69 Å². The molecule has 2 aromatic carbocycles. The lowest BCUT2D eigenvalue weighted by atomic mass is 10.0. The molecule has 26 heavy (non-hydrogen) atoms. The fourth-order valence-electron chi connectivity index (χ4n) is 3.07. The fraction of sp³-hybridized carbons (Fsp3) is 0.333. The summed E-state index contributed by atoms with van der Waals surface area (Å²) < 4.78 is 6.09. The van der Waals surface area contributed by atoms with E-state index in [4.69, 9.17) is 4.74 Å². The van der Waals surface area contributed by atoms with Crippen LogP contribution in [0.15, 0.2) is 54.1 Å². The van der Waals surface area contributed by atoms with E-state index in [0.717, 1.165) is 16.7 Å². The summed E-state index contributed by atoms with van der Waals surface area (Å²) in [6.07, 6.45) is 1.87. The molecule has 1 aliphatic heterocycles. The Hall–Kier alpha value is -2.50. The third-order valence-electron chi connectivity index (χ3n) is 4.68. The van der Waals surface area contributed by atoms with Gasteiger partial charge in [0.2, 0.25) is 0 Å². The highest BCUT2D eigenvalue weighted by Gasteiger charge is 2.27. The van der Waals surface area contributed by atoms with Gasteiger partial charge in [0, 0.05) is 18.7 Å². The first-order valence-corrected chi connectivity index (χ1v) is 8.85. The first kappa shape index (κ1) is 18.3. The largest absolute Gasteiger partial charge is 0.350 e. The molecule has 3 rings (SSSR count). The van der Waals surface area contributed by atoms with Crippen molar-refractivity contribution in [1.29, 1.82) is 0 Å². The van der Waals surface area contributed by atoms with Crippen molar-refractivity contribution >= 4 is 11.8 Å². The highest BCUT2D eigenvalue weighted by molar-refractivity contribution is 5.54. The van der Waals surface area contributed by atoms with Crippen LogP contribution in [0.5, 0.6) is 0 Å². The molecule has 1 N–H and O–H groups in total. The summed E-state index contributed by atoms with van der Waals surface area (Å²) in [6.45, 7) is 7.10. The average Bonchev–Trinajstić information content (AvgIpc) is 3.12. The third kappa shape index (κ3) is 4.18. The molecular weight excluding hydrogens is 328 g/mol. The maximum absolute atomic E-state index is 10.8. The van der Waals surface area contributed by atoms with Gasteiger partial charge in [-0.3, -0.25) is 15.4 Å². The molecule has 5 nitrogen and oxygen atoms in total. The van der Waals surface area contributed by atoms with Gasteiger partial charge >= 0.3 is 0 Å². The second-order valence-corrected chi connectivity index (χ2v) is 6.97. The zero-order chi connectivity index (χ0) is 18.7. The lowest BCUT2D eigenvalue weighted by molar-refractivity contribution is -0.384. The SMILES string of the molecule is CC(=Cc1ccc(C(C)C)cc1)C1NCC(c2ccc([N+](=O)[O-])cc2)O1. The fourth-order valence-corrected chi connectivity index (χ4v) is 3.07. The Morgan fingerprint density at radius 3 is 2.42 bits per heavy atom. The summed E-state index contributed by atoms with van der Waals surface area (Å²) in [6, 6.07) is 15.1. The summed E-state index contributed by atoms with van der Waals surface area (Å²) in [5.74, 6) is 0.524. The van der Waals surface area contributed by atoms with Crippen LogP contribution in [0.4, 0.5) is 5.69 Å². The lowest BCUT2D eigenvalue weighted by Crippen LogP contribution is -2.23. The maximum atomic E-state index is 10.8. The molecule has 1 saturated heterocycles. The Labute approximate surface area is 153 Å². The van der Waals surface area contributed by atoms with Gasteiger partial charge < -0.3 is 4.74 Å². The van der Waals surface area contributed by atoms with E-state index in [1.54, 1.807) is 12.1 Å². The molecule has 5 heteroatoms. The molecule has 1 heterocycles. The van der Waals surface area contributed by atoms with Gasteiger partial charge in [-0.05, 0) is 47.2 Å². The number of hydrogen-bond acceptors (Lipinski definition) is 4. The number of hydrogen-bond donors (Lipinski definition) is 1. The minimum Gasteiger partial charge on any atom is -0.350 e. The van der Waals surface area contributed by atoms with Crippen molar-refractivity contribution in [2.24, 2.45) is 0 Å². The van der Waals surface area contributed by atoms with Crippen LogP contribution in [0.2, 0.25) is 0 Å². The molecule has 136 valence electrons. The second kappa shape index (κ2) is 7.81. The number of nitro groups is 1. The monoisotopic (exact) mass is 352 g/mol. The van der Waals surface area contributed by atoms with Crippen molar-refractivity contribution in [3.8, 4) is 0 Å². The molecule has 0 amide bonds. The normalized spacial score (nSPS) is 20.5. The maximum Gasteiger partial charge on any atom is 0.269 e. The third-order valence-corrected chi connectivity index (χ3v) is 4.68. The topological polar surface area (TPSA) is 64.4 Å². The Morgan fingerprint density at radius 2 is 1.85 bits per heavy atom. The van der Waals surface area contributed by atoms with Crippen molar-refractivity contribution in [2.45, 2.75) is 39.0 Å². The molecule has 1 fully saturated rings. The summed E-state index contributed by atoms with van der Waals surface area (Å²) >= 11 is 0. The van der Waals surface area contributed by atoms with Gasteiger partial charge in [0.05, 0.1) is 11.0 Å². The highest BCUT2D eigenvalue weighted by atomic mass is 16.6. The summed E-state index contributed by atoms with van der Waals surface area (Å²) in [5.41, 5.74) is 4.62. The van der Waals surface area contributed by atoms with Crippen molar-refractivity contribution in [3.63, 3.8) is 0 Å². The quantitative estimate of drug-likeness (QED) is 0.619. The van der Waals surface area contributed by atoms with E-state index in [-0.39, 0.29) is 18.0 Å². The number of nitro benzene ring substituents is 1. The van der Waals surface area contributed by atoms with Crippen LogP contribution in [-0.4, -0.2) is 17.7 Å². The summed E-state index contributed by atoms with van der Waals surface area (Å²) in [5, 5.41) is 14.1. The number of nitrogens with zero attached hydrogens (tertiary/aromatic N) is 1. The van der Waals surface area contributed by atoms with Gasteiger partial charge in [0.1, 0.15) is 6.23 Å². The Kier molecular flexibility index (Phi) is 5.49. The van der Waals surface area contributed by atoms with E-state index < -0.39 is 4.92 Å². The highest BCUT2D eigenvalue weighted by Crippen LogP contribution is 2.28. The predicted molar refractivity (Wildman–Crippen MR) is 103 cm³/mol. The molecule has 0 aromatic heterocycles. The Balaban J connectivity index is 1.66. The van der Waals surface area contributed by atoms with Gasteiger partial charge in [-0.2, -0.15) is 0 Å². The van der Waals surface area contributed by atoms with Crippen LogP contribution in [-0.2, 0) is 4.74 Å². The Morgan fingerprint density at radius 1 is 1.19 bits per heavy atom. The van der Waals surface area contributed by atoms with E-state index in [2.05, 4.69) is 49.5 Å². The van der Waals surface area contributed by atoms with Crippen molar-refractivity contribution < 1.29 is 9.66 Å².